The zero-order chi connectivity index (χ0) is 18.0. The van der Waals surface area contributed by atoms with E-state index in [1.807, 2.05) is 11.8 Å². The molecule has 0 amide bonds. The van der Waals surface area contributed by atoms with Crippen LogP contribution < -0.4 is 0 Å². The van der Waals surface area contributed by atoms with Crippen LogP contribution in [0.5, 0.6) is 0 Å². The summed E-state index contributed by atoms with van der Waals surface area (Å²) in [6, 6.07) is 4.00. The largest absolute Gasteiger partial charge is 0.480 e. The Morgan fingerprint density at radius 1 is 1.32 bits per heavy atom. The lowest BCUT2D eigenvalue weighted by Gasteiger charge is -2.37. The summed E-state index contributed by atoms with van der Waals surface area (Å²) >= 11 is 1.63. The molecule has 1 aromatic carbocycles. The first-order valence-electron chi connectivity index (χ1n) is 8.31. The van der Waals surface area contributed by atoms with Crippen LogP contribution in [0.25, 0.3) is 0 Å². The van der Waals surface area contributed by atoms with E-state index >= 15 is 0 Å². The van der Waals surface area contributed by atoms with Crippen LogP contribution in [-0.2, 0) is 11.3 Å². The Morgan fingerprint density at radius 3 is 2.64 bits per heavy atom. The average molecular weight is 363 g/mol. The number of carboxylic acids is 1. The second kappa shape index (κ2) is 7.59. The van der Waals surface area contributed by atoms with Crippen molar-refractivity contribution in [1.29, 1.82) is 0 Å². The van der Waals surface area contributed by atoms with Crippen molar-refractivity contribution in [3.05, 3.63) is 51.2 Å². The average Bonchev–Trinajstić information content (AvgIpc) is 2.98. The van der Waals surface area contributed by atoms with Crippen LogP contribution in [0.2, 0.25) is 0 Å². The van der Waals surface area contributed by atoms with Crippen molar-refractivity contribution >= 4 is 17.3 Å². The zero-order valence-corrected chi connectivity index (χ0v) is 15.2. The van der Waals surface area contributed by atoms with E-state index in [1.54, 1.807) is 36.5 Å². The van der Waals surface area contributed by atoms with E-state index in [9.17, 15) is 14.3 Å². The summed E-state index contributed by atoms with van der Waals surface area (Å²) in [5.41, 5.74) is 1.77. The van der Waals surface area contributed by atoms with Gasteiger partial charge in [0.2, 0.25) is 0 Å². The normalized spacial score (nSPS) is 17.6. The second-order valence-electron chi connectivity index (χ2n) is 6.39. The molecule has 1 aliphatic rings. The molecule has 1 N–H and O–H groups in total. The summed E-state index contributed by atoms with van der Waals surface area (Å²) in [6.45, 7) is 7.09. The molecule has 2 aromatic rings. The number of benzene rings is 1. The van der Waals surface area contributed by atoms with Crippen molar-refractivity contribution in [1.82, 2.24) is 14.8 Å². The summed E-state index contributed by atoms with van der Waals surface area (Å²) < 4.78 is 14.4. The lowest BCUT2D eigenvalue weighted by atomic mass is 10.0. The molecule has 0 saturated carbocycles. The van der Waals surface area contributed by atoms with Gasteiger partial charge >= 0.3 is 5.97 Å². The lowest BCUT2D eigenvalue weighted by Crippen LogP contribution is -2.49. The molecule has 1 atom stereocenters. The number of nitrogens with zero attached hydrogens (tertiary/aromatic N) is 3. The van der Waals surface area contributed by atoms with Gasteiger partial charge in [-0.05, 0) is 19.4 Å². The quantitative estimate of drug-likeness (QED) is 0.885. The summed E-state index contributed by atoms with van der Waals surface area (Å²) in [4.78, 5) is 20.4. The van der Waals surface area contributed by atoms with Gasteiger partial charge in [-0.15, -0.1) is 11.3 Å². The molecule has 134 valence electrons. The van der Waals surface area contributed by atoms with Gasteiger partial charge in [0.15, 0.2) is 0 Å². The third-order valence-corrected chi connectivity index (χ3v) is 5.40. The van der Waals surface area contributed by atoms with Crippen molar-refractivity contribution in [2.24, 2.45) is 0 Å². The minimum Gasteiger partial charge on any atom is -0.480 e. The molecule has 2 heterocycles. The van der Waals surface area contributed by atoms with Gasteiger partial charge in [0, 0.05) is 43.7 Å². The molecule has 1 aromatic heterocycles. The Balaban J connectivity index is 1.69. The molecule has 1 saturated heterocycles. The Hall–Kier alpha value is -1.83. The van der Waals surface area contributed by atoms with E-state index in [0.717, 1.165) is 30.3 Å². The minimum atomic E-state index is -1.01. The zero-order valence-electron chi connectivity index (χ0n) is 14.4. The van der Waals surface area contributed by atoms with Crippen molar-refractivity contribution in [2.45, 2.75) is 26.4 Å². The Kier molecular flexibility index (Phi) is 5.46. The highest BCUT2D eigenvalue weighted by Gasteiger charge is 2.32. The molecule has 25 heavy (non-hydrogen) atoms. The molecule has 0 radical (unpaired) electrons. The van der Waals surface area contributed by atoms with Gasteiger partial charge in [-0.1, -0.05) is 18.2 Å². The standard InChI is InChI=1S/C18H22FN3O2S/c1-12-4-3-5-15(16(12)19)17(18(23)24)22-8-6-21(7-9-22)10-14-11-25-13(2)20-14/h3-5,11,17H,6-10H2,1-2H3,(H,23,24)/t17-/m1/s1. The van der Waals surface area contributed by atoms with E-state index in [2.05, 4.69) is 15.3 Å². The number of aryl methyl sites for hydroxylation is 2. The first-order valence-corrected chi connectivity index (χ1v) is 9.19. The van der Waals surface area contributed by atoms with Crippen LogP contribution in [0.3, 0.4) is 0 Å². The number of hydrogen-bond donors (Lipinski definition) is 1. The smallest absolute Gasteiger partial charge is 0.325 e. The van der Waals surface area contributed by atoms with Crippen molar-refractivity contribution in [2.75, 3.05) is 26.2 Å². The molecule has 0 unspecified atom stereocenters. The fraction of sp³-hybridized carbons (Fsp3) is 0.444. The SMILES string of the molecule is Cc1nc(CN2CCN([C@@H](C(=O)O)c3cccc(C)c3F)CC2)cs1. The van der Waals surface area contributed by atoms with E-state index in [4.69, 9.17) is 0 Å². The van der Waals surface area contributed by atoms with Gasteiger partial charge in [-0.2, -0.15) is 0 Å². The number of rotatable bonds is 5. The summed E-state index contributed by atoms with van der Waals surface area (Å²) in [5, 5.41) is 12.8. The number of aliphatic carboxylic acids is 1. The summed E-state index contributed by atoms with van der Waals surface area (Å²) in [6.07, 6.45) is 0. The number of aromatic nitrogens is 1. The van der Waals surface area contributed by atoms with E-state index in [-0.39, 0.29) is 5.56 Å². The van der Waals surface area contributed by atoms with Crippen LogP contribution in [0.1, 0.15) is 27.9 Å². The molecule has 1 aliphatic heterocycles. The number of carbonyl (C=O) groups is 1. The molecule has 7 heteroatoms. The van der Waals surface area contributed by atoms with E-state index in [0.29, 0.717) is 18.7 Å². The predicted molar refractivity (Wildman–Crippen MR) is 95.2 cm³/mol. The maximum absolute atomic E-state index is 14.4. The monoisotopic (exact) mass is 363 g/mol. The fourth-order valence-corrected chi connectivity index (χ4v) is 3.86. The van der Waals surface area contributed by atoms with Gasteiger partial charge in [-0.3, -0.25) is 14.6 Å². The maximum atomic E-state index is 14.4. The topological polar surface area (TPSA) is 56.7 Å². The lowest BCUT2D eigenvalue weighted by molar-refractivity contribution is -0.144. The van der Waals surface area contributed by atoms with Crippen LogP contribution in [0, 0.1) is 19.7 Å². The molecular weight excluding hydrogens is 341 g/mol. The molecule has 3 rings (SSSR count). The minimum absolute atomic E-state index is 0.246. The van der Waals surface area contributed by atoms with E-state index < -0.39 is 17.8 Å². The maximum Gasteiger partial charge on any atom is 0.325 e. The fourth-order valence-electron chi connectivity index (χ4n) is 3.26. The Morgan fingerprint density at radius 2 is 2.04 bits per heavy atom. The number of carboxylic acid groups (broad SMARTS) is 1. The van der Waals surface area contributed by atoms with Crippen LogP contribution >= 0.6 is 11.3 Å². The Bertz CT molecular complexity index is 757. The van der Waals surface area contributed by atoms with Gasteiger partial charge in [-0.25, -0.2) is 9.37 Å². The summed E-state index contributed by atoms with van der Waals surface area (Å²) in [5.74, 6) is -1.43. The highest BCUT2D eigenvalue weighted by Crippen LogP contribution is 2.27. The number of hydrogen-bond acceptors (Lipinski definition) is 5. The molecule has 1 fully saturated rings. The Labute approximate surface area is 150 Å². The van der Waals surface area contributed by atoms with Crippen molar-refractivity contribution < 1.29 is 14.3 Å². The number of thiazole rings is 1. The molecular formula is C18H22FN3O2S. The number of piperazine rings is 1. The molecule has 0 bridgehead atoms. The van der Waals surface area contributed by atoms with Gasteiger partial charge in [0.1, 0.15) is 11.9 Å². The highest BCUT2D eigenvalue weighted by atomic mass is 32.1. The van der Waals surface area contributed by atoms with E-state index in [1.165, 1.54) is 0 Å². The second-order valence-corrected chi connectivity index (χ2v) is 7.45. The van der Waals surface area contributed by atoms with Gasteiger partial charge < -0.3 is 5.11 Å². The molecule has 5 nitrogen and oxygen atoms in total. The highest BCUT2D eigenvalue weighted by molar-refractivity contribution is 7.09. The number of halogens is 1. The summed E-state index contributed by atoms with van der Waals surface area (Å²) in [7, 11) is 0. The molecule has 0 spiro atoms. The van der Waals surface area contributed by atoms with Crippen LogP contribution in [0.4, 0.5) is 4.39 Å². The van der Waals surface area contributed by atoms with Crippen molar-refractivity contribution in [3.63, 3.8) is 0 Å². The van der Waals surface area contributed by atoms with Crippen LogP contribution in [0.15, 0.2) is 23.6 Å². The van der Waals surface area contributed by atoms with Gasteiger partial charge in [0.25, 0.3) is 0 Å². The first-order chi connectivity index (χ1) is 12.0. The van der Waals surface area contributed by atoms with Gasteiger partial charge in [0.05, 0.1) is 10.7 Å². The van der Waals surface area contributed by atoms with Crippen LogP contribution in [-0.4, -0.2) is 52.0 Å². The predicted octanol–water partition coefficient (Wildman–Crippen LogP) is 2.84. The third kappa shape index (κ3) is 4.05. The van der Waals surface area contributed by atoms with Crippen molar-refractivity contribution in [3.8, 4) is 0 Å². The first kappa shape index (κ1) is 18.0. The molecule has 0 aliphatic carbocycles. The third-order valence-electron chi connectivity index (χ3n) is 4.57.